The largest absolute Gasteiger partial charge is 0.497 e. The van der Waals surface area contributed by atoms with Crippen LogP contribution in [-0.4, -0.2) is 43.6 Å². The maximum atomic E-state index is 13.4. The summed E-state index contributed by atoms with van der Waals surface area (Å²) in [6.07, 6.45) is 2.02. The topological polar surface area (TPSA) is 101 Å². The number of hydrogen-bond donors (Lipinski definition) is 1. The number of nitro groups is 1. The monoisotopic (exact) mass is 462 g/mol. The van der Waals surface area contributed by atoms with Gasteiger partial charge in [-0.2, -0.15) is 0 Å². The lowest BCUT2D eigenvalue weighted by Crippen LogP contribution is -2.61. The molecular formula is C25H26N4O5. The lowest BCUT2D eigenvalue weighted by atomic mass is 9.83. The molecule has 1 N–H and O–H groups in total. The summed E-state index contributed by atoms with van der Waals surface area (Å²) in [5.41, 5.74) is 2.93. The molecule has 176 valence electrons. The number of piperazine rings is 1. The molecule has 0 spiro atoms. The van der Waals surface area contributed by atoms with Gasteiger partial charge in [0.1, 0.15) is 11.5 Å². The number of methoxy groups -OCH3 is 1. The van der Waals surface area contributed by atoms with Gasteiger partial charge in [-0.05, 0) is 54.4 Å². The van der Waals surface area contributed by atoms with Gasteiger partial charge >= 0.3 is 0 Å². The van der Waals surface area contributed by atoms with Gasteiger partial charge in [-0.25, -0.2) is 0 Å². The number of anilines is 2. The first-order valence-electron chi connectivity index (χ1n) is 11.3. The molecule has 0 aliphatic carbocycles. The fourth-order valence-corrected chi connectivity index (χ4v) is 4.97. The lowest BCUT2D eigenvalue weighted by Gasteiger charge is -2.49. The van der Waals surface area contributed by atoms with Gasteiger partial charge in [-0.3, -0.25) is 14.9 Å². The van der Waals surface area contributed by atoms with Gasteiger partial charge in [0.05, 0.1) is 36.8 Å². The molecule has 0 unspecified atom stereocenters. The van der Waals surface area contributed by atoms with E-state index in [4.69, 9.17) is 9.15 Å². The number of benzene rings is 2. The van der Waals surface area contributed by atoms with Crippen molar-refractivity contribution in [1.29, 1.82) is 0 Å². The van der Waals surface area contributed by atoms with E-state index in [-0.39, 0.29) is 28.5 Å². The zero-order valence-corrected chi connectivity index (χ0v) is 18.8. The summed E-state index contributed by atoms with van der Waals surface area (Å²) >= 11 is 0. The third-order valence-electron chi connectivity index (χ3n) is 6.70. The van der Waals surface area contributed by atoms with Crippen LogP contribution in [0.5, 0.6) is 5.75 Å². The molecule has 3 aromatic rings. The highest BCUT2D eigenvalue weighted by molar-refractivity contribution is 5.82. The number of nitrogens with zero attached hydrogens (tertiary/aromatic N) is 3. The maximum absolute atomic E-state index is 13.4. The first-order chi connectivity index (χ1) is 16.5. The number of nitrogens with one attached hydrogen (secondary N) is 1. The van der Waals surface area contributed by atoms with Gasteiger partial charge < -0.3 is 24.3 Å². The number of nitro benzene ring substituents is 1. The van der Waals surface area contributed by atoms with Crippen LogP contribution in [0.1, 0.15) is 11.3 Å². The van der Waals surface area contributed by atoms with E-state index in [2.05, 4.69) is 15.1 Å². The van der Waals surface area contributed by atoms with Gasteiger partial charge in [-0.1, -0.05) is 0 Å². The molecule has 2 aromatic carbocycles. The van der Waals surface area contributed by atoms with Gasteiger partial charge in [0.2, 0.25) is 5.91 Å². The summed E-state index contributed by atoms with van der Waals surface area (Å²) in [4.78, 5) is 28.8. The molecule has 0 saturated carbocycles. The van der Waals surface area contributed by atoms with E-state index < -0.39 is 0 Å². The Morgan fingerprint density at radius 1 is 1.21 bits per heavy atom. The first kappa shape index (κ1) is 21.8. The molecule has 1 saturated heterocycles. The molecule has 3 heterocycles. The number of furan rings is 1. The number of rotatable bonds is 6. The van der Waals surface area contributed by atoms with Crippen molar-refractivity contribution in [3.8, 4) is 5.75 Å². The van der Waals surface area contributed by atoms with Crippen LogP contribution in [0.3, 0.4) is 0 Å². The summed E-state index contributed by atoms with van der Waals surface area (Å²) in [5, 5.41) is 14.3. The van der Waals surface area contributed by atoms with Crippen molar-refractivity contribution in [2.24, 2.45) is 5.92 Å². The molecule has 2 aliphatic heterocycles. The molecule has 5 rings (SSSR count). The Hall–Kier alpha value is -4.01. The minimum Gasteiger partial charge on any atom is -0.497 e. The predicted octanol–water partition coefficient (Wildman–Crippen LogP) is 3.38. The molecule has 34 heavy (non-hydrogen) atoms. The van der Waals surface area contributed by atoms with Crippen LogP contribution in [0.2, 0.25) is 0 Å². The number of non-ortho nitro benzene ring substituents is 1. The predicted molar refractivity (Wildman–Crippen MR) is 127 cm³/mol. The fraction of sp³-hybridized carbons (Fsp3) is 0.320. The van der Waals surface area contributed by atoms with Crippen LogP contribution in [0, 0.1) is 16.0 Å². The van der Waals surface area contributed by atoms with Crippen LogP contribution >= 0.6 is 0 Å². The SMILES string of the molecule is COc1ccc(N2CCN3c4ccc([N+](=O)[O-])cc4C[C@H](C(=O)NCc4ccco4)[C@@H]3C2)cc1. The average Bonchev–Trinajstić information content (AvgIpc) is 3.40. The van der Waals surface area contributed by atoms with E-state index >= 15 is 0 Å². The average molecular weight is 463 g/mol. The first-order valence-corrected chi connectivity index (χ1v) is 11.3. The number of hydrogen-bond acceptors (Lipinski definition) is 7. The van der Waals surface area contributed by atoms with Crippen molar-refractivity contribution in [1.82, 2.24) is 5.32 Å². The van der Waals surface area contributed by atoms with E-state index in [0.717, 1.165) is 29.2 Å². The van der Waals surface area contributed by atoms with Crippen LogP contribution in [0.4, 0.5) is 17.1 Å². The molecule has 0 bridgehead atoms. The van der Waals surface area contributed by atoms with E-state index in [1.807, 2.05) is 36.4 Å². The minimum atomic E-state index is -0.389. The number of carbonyl (C=O) groups excluding carboxylic acids is 1. The molecule has 9 nitrogen and oxygen atoms in total. The Morgan fingerprint density at radius 2 is 2.03 bits per heavy atom. The quantitative estimate of drug-likeness (QED) is 0.443. The summed E-state index contributed by atoms with van der Waals surface area (Å²) in [6.45, 7) is 2.46. The smallest absolute Gasteiger partial charge is 0.269 e. The fourth-order valence-electron chi connectivity index (χ4n) is 4.97. The van der Waals surface area contributed by atoms with Crippen LogP contribution in [0.15, 0.2) is 65.3 Å². The van der Waals surface area contributed by atoms with Gasteiger partial charge in [0, 0.05) is 43.1 Å². The molecule has 1 aromatic heterocycles. The second-order valence-corrected chi connectivity index (χ2v) is 8.58. The molecule has 1 amide bonds. The number of ether oxygens (including phenoxy) is 1. The van der Waals surface area contributed by atoms with Crippen molar-refractivity contribution in [3.05, 3.63) is 82.3 Å². The van der Waals surface area contributed by atoms with E-state index in [9.17, 15) is 14.9 Å². The summed E-state index contributed by atoms with van der Waals surface area (Å²) in [7, 11) is 1.64. The highest BCUT2D eigenvalue weighted by atomic mass is 16.6. The van der Waals surface area contributed by atoms with Crippen LogP contribution in [0.25, 0.3) is 0 Å². The Bertz CT molecular complexity index is 1180. The Morgan fingerprint density at radius 3 is 2.74 bits per heavy atom. The molecule has 0 radical (unpaired) electrons. The molecule has 1 fully saturated rings. The highest BCUT2D eigenvalue weighted by Gasteiger charge is 2.42. The zero-order chi connectivity index (χ0) is 23.7. The molecule has 2 aliphatic rings. The Kier molecular flexibility index (Phi) is 5.83. The molecule has 9 heteroatoms. The lowest BCUT2D eigenvalue weighted by molar-refractivity contribution is -0.384. The van der Waals surface area contributed by atoms with E-state index in [1.54, 1.807) is 31.6 Å². The maximum Gasteiger partial charge on any atom is 0.269 e. The van der Waals surface area contributed by atoms with Gasteiger partial charge in [0.15, 0.2) is 0 Å². The normalized spacial score (nSPS) is 19.2. The summed E-state index contributed by atoms with van der Waals surface area (Å²) in [5.74, 6) is 1.04. The summed E-state index contributed by atoms with van der Waals surface area (Å²) in [6, 6.07) is 16.4. The summed E-state index contributed by atoms with van der Waals surface area (Å²) < 4.78 is 10.6. The zero-order valence-electron chi connectivity index (χ0n) is 18.8. The van der Waals surface area contributed by atoms with Crippen LogP contribution in [-0.2, 0) is 17.8 Å². The number of carbonyl (C=O) groups is 1. The standard InChI is InChI=1S/C25H26N4O5/c1-33-20-7-4-18(5-8-20)27-10-11-28-23-9-6-19(29(31)32)13-17(23)14-22(24(28)16-27)25(30)26-15-21-3-2-12-34-21/h2-9,12-13,22,24H,10-11,14-16H2,1H3,(H,26,30)/t22-,24-/m0/s1. The molecular weight excluding hydrogens is 436 g/mol. The second kappa shape index (κ2) is 9.09. The number of fused-ring (bicyclic) bond motifs is 3. The highest BCUT2D eigenvalue weighted by Crippen LogP contribution is 2.38. The van der Waals surface area contributed by atoms with Crippen molar-refractivity contribution < 1.29 is 18.9 Å². The Balaban J connectivity index is 1.43. The third-order valence-corrected chi connectivity index (χ3v) is 6.70. The Labute approximate surface area is 197 Å². The van der Waals surface area contributed by atoms with Gasteiger partial charge in [-0.15, -0.1) is 0 Å². The van der Waals surface area contributed by atoms with E-state index in [1.165, 1.54) is 0 Å². The van der Waals surface area contributed by atoms with E-state index in [0.29, 0.717) is 31.8 Å². The van der Waals surface area contributed by atoms with Crippen molar-refractivity contribution in [2.45, 2.75) is 19.0 Å². The van der Waals surface area contributed by atoms with Crippen molar-refractivity contribution >= 4 is 23.0 Å². The van der Waals surface area contributed by atoms with Crippen molar-refractivity contribution in [2.75, 3.05) is 36.5 Å². The second-order valence-electron chi connectivity index (χ2n) is 8.58. The minimum absolute atomic E-state index is 0.0452. The van der Waals surface area contributed by atoms with Crippen molar-refractivity contribution in [3.63, 3.8) is 0 Å². The number of amides is 1. The molecule has 2 atom stereocenters. The third kappa shape index (κ3) is 4.16. The van der Waals surface area contributed by atoms with Crippen LogP contribution < -0.4 is 19.9 Å². The van der Waals surface area contributed by atoms with Gasteiger partial charge in [0.25, 0.3) is 5.69 Å².